The molecule has 1 amide bonds. The molecular formula is C17H18ClNO2S. The second kappa shape index (κ2) is 9.38. The molecule has 0 saturated carbocycles. The Balaban J connectivity index is 1.55. The van der Waals surface area contributed by atoms with Crippen molar-refractivity contribution in [3.8, 4) is 5.75 Å². The van der Waals surface area contributed by atoms with Crippen LogP contribution in [0.1, 0.15) is 5.56 Å². The number of halogens is 1. The zero-order valence-corrected chi connectivity index (χ0v) is 13.7. The maximum Gasteiger partial charge on any atom is 0.230 e. The lowest BCUT2D eigenvalue weighted by molar-refractivity contribution is -0.118. The highest BCUT2D eigenvalue weighted by Crippen LogP contribution is 2.15. The van der Waals surface area contributed by atoms with Gasteiger partial charge >= 0.3 is 0 Å². The van der Waals surface area contributed by atoms with Gasteiger partial charge in [0, 0.05) is 10.8 Å². The minimum absolute atomic E-state index is 0.0237. The molecule has 1 N–H and O–H groups in total. The van der Waals surface area contributed by atoms with Gasteiger partial charge in [-0.25, -0.2) is 0 Å². The van der Waals surface area contributed by atoms with E-state index < -0.39 is 0 Å². The summed E-state index contributed by atoms with van der Waals surface area (Å²) in [4.78, 5) is 11.7. The summed E-state index contributed by atoms with van der Waals surface area (Å²) in [7, 11) is 0. The molecule has 0 aliphatic heterocycles. The molecule has 0 aliphatic rings. The quantitative estimate of drug-likeness (QED) is 0.746. The fourth-order valence-corrected chi connectivity index (χ4v) is 2.71. The largest absolute Gasteiger partial charge is 0.492 e. The van der Waals surface area contributed by atoms with Crippen molar-refractivity contribution >= 4 is 29.3 Å². The third-order valence-electron chi connectivity index (χ3n) is 2.85. The van der Waals surface area contributed by atoms with Crippen LogP contribution in [0.2, 0.25) is 5.02 Å². The van der Waals surface area contributed by atoms with Gasteiger partial charge in [0.05, 0.1) is 12.3 Å². The summed E-state index contributed by atoms with van der Waals surface area (Å²) in [5.41, 5.74) is 1.16. The third-order valence-corrected chi connectivity index (χ3v) is 4.11. The van der Waals surface area contributed by atoms with Crippen molar-refractivity contribution in [3.63, 3.8) is 0 Å². The van der Waals surface area contributed by atoms with Crippen LogP contribution in [0, 0.1) is 0 Å². The van der Waals surface area contributed by atoms with E-state index >= 15 is 0 Å². The second-order valence-corrected chi connectivity index (χ2v) is 6.05. The summed E-state index contributed by atoms with van der Waals surface area (Å²) in [5.74, 6) is 2.07. The summed E-state index contributed by atoms with van der Waals surface area (Å²) in [6, 6.07) is 17.2. The molecule has 0 saturated heterocycles. The average Bonchev–Trinajstić information content (AvgIpc) is 2.54. The van der Waals surface area contributed by atoms with Gasteiger partial charge in [0.1, 0.15) is 12.4 Å². The molecule has 0 unspecified atom stereocenters. The number of rotatable bonds is 8. The lowest BCUT2D eigenvalue weighted by Crippen LogP contribution is -2.29. The molecule has 116 valence electrons. The number of thioether (sulfide) groups is 1. The third kappa shape index (κ3) is 6.41. The van der Waals surface area contributed by atoms with E-state index in [2.05, 4.69) is 5.32 Å². The first kappa shape index (κ1) is 16.7. The first-order valence-electron chi connectivity index (χ1n) is 7.01. The second-order valence-electron chi connectivity index (χ2n) is 4.63. The maximum absolute atomic E-state index is 11.7. The molecule has 0 bridgehead atoms. The number of benzene rings is 2. The molecule has 0 aliphatic carbocycles. The van der Waals surface area contributed by atoms with Crippen LogP contribution in [0.25, 0.3) is 0 Å². The Morgan fingerprint density at radius 1 is 1.09 bits per heavy atom. The number of para-hydroxylation sites is 1. The molecule has 0 aromatic heterocycles. The van der Waals surface area contributed by atoms with Crippen molar-refractivity contribution in [2.24, 2.45) is 0 Å². The summed E-state index contributed by atoms with van der Waals surface area (Å²) >= 11 is 7.41. The lowest BCUT2D eigenvalue weighted by Gasteiger charge is -2.07. The highest BCUT2D eigenvalue weighted by atomic mass is 35.5. The minimum Gasteiger partial charge on any atom is -0.492 e. The predicted octanol–water partition coefficient (Wildman–Crippen LogP) is 3.77. The van der Waals surface area contributed by atoms with E-state index in [4.69, 9.17) is 16.3 Å². The van der Waals surface area contributed by atoms with E-state index in [0.717, 1.165) is 22.1 Å². The number of carbonyl (C=O) groups is 1. The Kier molecular flexibility index (Phi) is 7.13. The van der Waals surface area contributed by atoms with Crippen LogP contribution in [0.4, 0.5) is 0 Å². The van der Waals surface area contributed by atoms with Gasteiger partial charge in [-0.2, -0.15) is 0 Å². The molecule has 2 aromatic carbocycles. The number of amides is 1. The van der Waals surface area contributed by atoms with E-state index in [1.54, 1.807) is 11.8 Å². The van der Waals surface area contributed by atoms with E-state index in [9.17, 15) is 4.79 Å². The molecule has 22 heavy (non-hydrogen) atoms. The van der Waals surface area contributed by atoms with Gasteiger partial charge < -0.3 is 10.1 Å². The van der Waals surface area contributed by atoms with Crippen molar-refractivity contribution in [2.45, 2.75) is 5.75 Å². The van der Waals surface area contributed by atoms with Crippen molar-refractivity contribution < 1.29 is 9.53 Å². The summed E-state index contributed by atoms with van der Waals surface area (Å²) in [6.07, 6.45) is 0. The first-order valence-corrected chi connectivity index (χ1v) is 8.54. The molecule has 0 atom stereocenters. The van der Waals surface area contributed by atoms with Crippen molar-refractivity contribution in [1.29, 1.82) is 0 Å². The topological polar surface area (TPSA) is 38.3 Å². The highest BCUT2D eigenvalue weighted by molar-refractivity contribution is 7.99. The van der Waals surface area contributed by atoms with Gasteiger partial charge in [0.25, 0.3) is 0 Å². The summed E-state index contributed by atoms with van der Waals surface area (Å²) in [6.45, 7) is 0.979. The molecule has 5 heteroatoms. The van der Waals surface area contributed by atoms with Crippen molar-refractivity contribution in [3.05, 3.63) is 65.2 Å². The normalized spacial score (nSPS) is 10.2. The predicted molar refractivity (Wildman–Crippen MR) is 92.6 cm³/mol. The van der Waals surface area contributed by atoms with Gasteiger partial charge in [-0.05, 0) is 29.8 Å². The maximum atomic E-state index is 11.7. The van der Waals surface area contributed by atoms with Gasteiger partial charge in [0.2, 0.25) is 5.91 Å². The van der Waals surface area contributed by atoms with Crippen LogP contribution in [-0.4, -0.2) is 24.8 Å². The molecule has 2 aromatic rings. The summed E-state index contributed by atoms with van der Waals surface area (Å²) in [5, 5.41) is 3.57. The van der Waals surface area contributed by atoms with E-state index in [-0.39, 0.29) is 5.91 Å². The minimum atomic E-state index is 0.0237. The molecule has 0 fully saturated rings. The highest BCUT2D eigenvalue weighted by Gasteiger charge is 2.02. The Morgan fingerprint density at radius 2 is 1.82 bits per heavy atom. The molecular weight excluding hydrogens is 318 g/mol. The van der Waals surface area contributed by atoms with Crippen molar-refractivity contribution in [1.82, 2.24) is 5.32 Å². The number of ether oxygens (including phenoxy) is 1. The number of hydrogen-bond acceptors (Lipinski definition) is 3. The van der Waals surface area contributed by atoms with Crippen LogP contribution >= 0.6 is 23.4 Å². The van der Waals surface area contributed by atoms with Crippen LogP contribution in [-0.2, 0) is 10.5 Å². The Bertz CT molecular complexity index is 575. The standard InChI is InChI=1S/C17H18ClNO2S/c18-15-8-6-14(7-9-15)12-22-13-17(20)19-10-11-21-16-4-2-1-3-5-16/h1-9H,10-13H2,(H,19,20). The van der Waals surface area contributed by atoms with Crippen LogP contribution in [0.3, 0.4) is 0 Å². The molecule has 2 rings (SSSR count). The fourth-order valence-electron chi connectivity index (χ4n) is 1.77. The van der Waals surface area contributed by atoms with E-state index in [1.165, 1.54) is 0 Å². The van der Waals surface area contributed by atoms with Crippen LogP contribution < -0.4 is 10.1 Å². The monoisotopic (exact) mass is 335 g/mol. The fraction of sp³-hybridized carbons (Fsp3) is 0.235. The van der Waals surface area contributed by atoms with Crippen LogP contribution in [0.15, 0.2) is 54.6 Å². The Morgan fingerprint density at radius 3 is 2.55 bits per heavy atom. The molecule has 0 heterocycles. The number of hydrogen-bond donors (Lipinski definition) is 1. The van der Waals surface area contributed by atoms with E-state index in [0.29, 0.717) is 18.9 Å². The number of carbonyl (C=O) groups excluding carboxylic acids is 1. The van der Waals surface area contributed by atoms with Gasteiger partial charge in [0.15, 0.2) is 0 Å². The van der Waals surface area contributed by atoms with Crippen LogP contribution in [0.5, 0.6) is 5.75 Å². The van der Waals surface area contributed by atoms with Crippen molar-refractivity contribution in [2.75, 3.05) is 18.9 Å². The van der Waals surface area contributed by atoms with Gasteiger partial charge in [-0.15, -0.1) is 11.8 Å². The molecule has 0 spiro atoms. The smallest absolute Gasteiger partial charge is 0.230 e. The SMILES string of the molecule is O=C(CSCc1ccc(Cl)cc1)NCCOc1ccccc1. The average molecular weight is 336 g/mol. The van der Waals surface area contributed by atoms with Gasteiger partial charge in [-0.3, -0.25) is 4.79 Å². The first-order chi connectivity index (χ1) is 10.7. The van der Waals surface area contributed by atoms with Gasteiger partial charge in [-0.1, -0.05) is 41.9 Å². The molecule has 0 radical (unpaired) electrons. The zero-order chi connectivity index (χ0) is 15.6. The Labute approximate surface area is 140 Å². The molecule has 3 nitrogen and oxygen atoms in total. The van der Waals surface area contributed by atoms with E-state index in [1.807, 2.05) is 54.6 Å². The Hall–Kier alpha value is -1.65. The number of nitrogens with one attached hydrogen (secondary N) is 1. The zero-order valence-electron chi connectivity index (χ0n) is 12.1. The summed E-state index contributed by atoms with van der Waals surface area (Å²) < 4.78 is 5.51. The lowest BCUT2D eigenvalue weighted by atomic mass is 10.2.